The van der Waals surface area contributed by atoms with Gasteiger partial charge in [-0.2, -0.15) is 0 Å². The molecule has 176 valence electrons. The molecular weight excluding hydrogens is 464 g/mol. The van der Waals surface area contributed by atoms with E-state index in [0.29, 0.717) is 64.7 Å². The molecule has 3 heterocycles. The summed E-state index contributed by atoms with van der Waals surface area (Å²) in [5, 5.41) is 0.591. The number of carbonyl (C=O) groups excluding carboxylic acids is 1. The molecule has 1 aliphatic rings. The zero-order chi connectivity index (χ0) is 23.8. The monoisotopic (exact) mass is 490 g/mol. The van der Waals surface area contributed by atoms with Crippen molar-refractivity contribution >= 4 is 33.0 Å². The van der Waals surface area contributed by atoms with Gasteiger partial charge in [0, 0.05) is 25.8 Å². The molecule has 33 heavy (non-hydrogen) atoms. The quantitative estimate of drug-likeness (QED) is 0.570. The number of nitrogens with zero attached hydrogens (tertiary/aromatic N) is 3. The van der Waals surface area contributed by atoms with Crippen molar-refractivity contribution in [3.8, 4) is 16.5 Å². The summed E-state index contributed by atoms with van der Waals surface area (Å²) in [4.78, 5) is 20.0. The van der Waals surface area contributed by atoms with E-state index in [2.05, 4.69) is 9.71 Å². The van der Waals surface area contributed by atoms with Gasteiger partial charge in [0.25, 0.3) is 15.9 Å². The Kier molecular flexibility index (Phi) is 6.46. The molecule has 2 aromatic heterocycles. The van der Waals surface area contributed by atoms with Crippen LogP contribution < -0.4 is 9.46 Å². The molecule has 3 aromatic rings. The third-order valence-electron chi connectivity index (χ3n) is 5.64. The second-order valence-electron chi connectivity index (χ2n) is 7.68. The second-order valence-corrected chi connectivity index (χ2v) is 10.3. The highest BCUT2D eigenvalue weighted by atomic mass is 32.2. The maximum atomic E-state index is 13.2. The van der Waals surface area contributed by atoms with Crippen LogP contribution in [0.2, 0.25) is 0 Å². The number of aromatic nitrogens is 2. The number of nitrogens with one attached hydrogen (secondary N) is 1. The largest absolute Gasteiger partial charge is 0.495 e. The van der Waals surface area contributed by atoms with Crippen molar-refractivity contribution in [2.45, 2.75) is 18.7 Å². The molecule has 1 fully saturated rings. The SMILES string of the molecule is COc1ccccc1NS(=O)(=O)c1cc(-c2nc(C)c(C(=O)N3CCOCC3)s2)n(C)c1C. The molecule has 1 N–H and O–H groups in total. The minimum Gasteiger partial charge on any atom is -0.495 e. The summed E-state index contributed by atoms with van der Waals surface area (Å²) in [5.74, 6) is 0.355. The average molecular weight is 491 g/mol. The Bertz CT molecular complexity index is 1290. The molecule has 0 aliphatic carbocycles. The smallest absolute Gasteiger partial charge is 0.266 e. The number of aryl methyl sites for hydroxylation is 1. The normalized spacial score (nSPS) is 14.4. The average Bonchev–Trinajstić information content (AvgIpc) is 3.34. The van der Waals surface area contributed by atoms with Crippen molar-refractivity contribution in [3.63, 3.8) is 0 Å². The molecule has 1 amide bonds. The number of benzene rings is 1. The van der Waals surface area contributed by atoms with Crippen molar-refractivity contribution in [2.24, 2.45) is 7.05 Å². The number of para-hydroxylation sites is 2. The van der Waals surface area contributed by atoms with Crippen LogP contribution in [0.1, 0.15) is 21.1 Å². The molecule has 1 aromatic carbocycles. The van der Waals surface area contributed by atoms with Crippen LogP contribution in [-0.2, 0) is 21.8 Å². The van der Waals surface area contributed by atoms with Crippen molar-refractivity contribution in [1.29, 1.82) is 0 Å². The third kappa shape index (κ3) is 4.48. The van der Waals surface area contributed by atoms with Gasteiger partial charge < -0.3 is 18.9 Å². The first-order chi connectivity index (χ1) is 15.7. The molecule has 0 saturated carbocycles. The maximum Gasteiger partial charge on any atom is 0.266 e. The van der Waals surface area contributed by atoms with Gasteiger partial charge in [-0.05, 0) is 32.0 Å². The van der Waals surface area contributed by atoms with E-state index in [1.165, 1.54) is 18.4 Å². The number of thiazole rings is 1. The van der Waals surface area contributed by atoms with E-state index < -0.39 is 10.0 Å². The Balaban J connectivity index is 1.67. The standard InChI is InChI=1S/C22H26N4O5S2/c1-14-20(22(27)26-9-11-31-12-10-26)32-21(23-14)17-13-19(15(2)25(17)3)33(28,29)24-16-7-5-6-8-18(16)30-4/h5-8,13,24H,9-12H2,1-4H3. The van der Waals surface area contributed by atoms with E-state index in [9.17, 15) is 13.2 Å². The summed E-state index contributed by atoms with van der Waals surface area (Å²) >= 11 is 1.27. The summed E-state index contributed by atoms with van der Waals surface area (Å²) in [6.45, 7) is 5.67. The fourth-order valence-electron chi connectivity index (χ4n) is 3.69. The summed E-state index contributed by atoms with van der Waals surface area (Å²) in [7, 11) is -0.616. The summed E-state index contributed by atoms with van der Waals surface area (Å²) < 4.78 is 41.4. The van der Waals surface area contributed by atoms with E-state index in [4.69, 9.17) is 9.47 Å². The number of anilines is 1. The first-order valence-corrected chi connectivity index (χ1v) is 12.7. The van der Waals surface area contributed by atoms with Gasteiger partial charge in [0.15, 0.2) is 0 Å². The topological polar surface area (TPSA) is 103 Å². The third-order valence-corrected chi connectivity index (χ3v) is 8.29. The van der Waals surface area contributed by atoms with E-state index in [0.717, 1.165) is 0 Å². The second kappa shape index (κ2) is 9.16. The van der Waals surface area contributed by atoms with Gasteiger partial charge in [-0.1, -0.05) is 12.1 Å². The maximum absolute atomic E-state index is 13.2. The molecule has 4 rings (SSSR count). The predicted molar refractivity (Wildman–Crippen MR) is 127 cm³/mol. The van der Waals surface area contributed by atoms with Crippen LogP contribution in [-0.4, -0.2) is 62.2 Å². The van der Waals surface area contributed by atoms with Crippen LogP contribution in [0.15, 0.2) is 35.2 Å². The summed E-state index contributed by atoms with van der Waals surface area (Å²) in [5.41, 5.74) is 2.17. The Hall–Kier alpha value is -2.89. The van der Waals surface area contributed by atoms with Crippen LogP contribution in [0.25, 0.3) is 10.7 Å². The van der Waals surface area contributed by atoms with Gasteiger partial charge >= 0.3 is 0 Å². The number of hydrogen-bond donors (Lipinski definition) is 1. The minimum absolute atomic E-state index is 0.0730. The number of rotatable bonds is 6. The Labute approximate surface area is 197 Å². The Morgan fingerprint density at radius 2 is 1.91 bits per heavy atom. The molecule has 11 heteroatoms. The molecule has 0 radical (unpaired) electrons. The zero-order valence-electron chi connectivity index (χ0n) is 18.9. The lowest BCUT2D eigenvalue weighted by atomic mass is 10.3. The molecule has 0 spiro atoms. The van der Waals surface area contributed by atoms with Gasteiger partial charge in [-0.3, -0.25) is 9.52 Å². The van der Waals surface area contributed by atoms with E-state index in [1.54, 1.807) is 60.7 Å². The zero-order valence-corrected chi connectivity index (χ0v) is 20.5. The molecule has 0 atom stereocenters. The number of hydrogen-bond acceptors (Lipinski definition) is 7. The minimum atomic E-state index is -3.89. The first kappa shape index (κ1) is 23.3. The number of sulfonamides is 1. The molecule has 1 saturated heterocycles. The number of morpholine rings is 1. The van der Waals surface area contributed by atoms with E-state index in [1.807, 2.05) is 0 Å². The Morgan fingerprint density at radius 1 is 1.21 bits per heavy atom. The van der Waals surface area contributed by atoms with Gasteiger partial charge in [-0.15, -0.1) is 11.3 Å². The van der Waals surface area contributed by atoms with Gasteiger partial charge in [-0.25, -0.2) is 13.4 Å². The summed E-state index contributed by atoms with van der Waals surface area (Å²) in [6.07, 6.45) is 0. The van der Waals surface area contributed by atoms with Crippen LogP contribution in [0, 0.1) is 13.8 Å². The molecule has 9 nitrogen and oxygen atoms in total. The first-order valence-electron chi connectivity index (χ1n) is 10.4. The van der Waals surface area contributed by atoms with Crippen LogP contribution in [0.3, 0.4) is 0 Å². The van der Waals surface area contributed by atoms with Gasteiger partial charge in [0.2, 0.25) is 0 Å². The lowest BCUT2D eigenvalue weighted by Gasteiger charge is -2.26. The van der Waals surface area contributed by atoms with Crippen LogP contribution in [0.4, 0.5) is 5.69 Å². The highest BCUT2D eigenvalue weighted by molar-refractivity contribution is 7.92. The lowest BCUT2D eigenvalue weighted by molar-refractivity contribution is 0.0305. The van der Waals surface area contributed by atoms with Crippen molar-refractivity contribution in [3.05, 3.63) is 46.6 Å². The fourth-order valence-corrected chi connectivity index (χ4v) is 6.14. The van der Waals surface area contributed by atoms with E-state index in [-0.39, 0.29) is 10.8 Å². The number of amides is 1. The molecule has 0 unspecified atom stereocenters. The number of carbonyl (C=O) groups is 1. The fraction of sp³-hybridized carbons (Fsp3) is 0.364. The van der Waals surface area contributed by atoms with Crippen LogP contribution in [0.5, 0.6) is 5.75 Å². The summed E-state index contributed by atoms with van der Waals surface area (Å²) in [6, 6.07) is 8.42. The Morgan fingerprint density at radius 3 is 2.61 bits per heavy atom. The predicted octanol–water partition coefficient (Wildman–Crippen LogP) is 3.05. The van der Waals surface area contributed by atoms with Crippen LogP contribution >= 0.6 is 11.3 Å². The molecule has 1 aliphatic heterocycles. The highest BCUT2D eigenvalue weighted by Gasteiger charge is 2.27. The molecular formula is C22H26N4O5S2. The highest BCUT2D eigenvalue weighted by Crippen LogP contribution is 2.34. The van der Waals surface area contributed by atoms with Crippen molar-refractivity contribution in [2.75, 3.05) is 38.1 Å². The lowest BCUT2D eigenvalue weighted by Crippen LogP contribution is -2.40. The van der Waals surface area contributed by atoms with Gasteiger partial charge in [0.05, 0.1) is 37.4 Å². The number of methoxy groups -OCH3 is 1. The number of ether oxygens (including phenoxy) is 2. The van der Waals surface area contributed by atoms with E-state index >= 15 is 0 Å². The van der Waals surface area contributed by atoms with Crippen molar-refractivity contribution in [1.82, 2.24) is 14.5 Å². The molecule has 0 bridgehead atoms. The van der Waals surface area contributed by atoms with Crippen molar-refractivity contribution < 1.29 is 22.7 Å². The van der Waals surface area contributed by atoms with Gasteiger partial charge in [0.1, 0.15) is 20.5 Å².